The van der Waals surface area contributed by atoms with E-state index >= 15 is 0 Å². The van der Waals surface area contributed by atoms with Gasteiger partial charge in [0, 0.05) is 31.1 Å². The van der Waals surface area contributed by atoms with Crippen LogP contribution in [0.15, 0.2) is 42.5 Å². The lowest BCUT2D eigenvalue weighted by molar-refractivity contribution is -0.143. The van der Waals surface area contributed by atoms with Gasteiger partial charge >= 0.3 is 12.4 Å². The Morgan fingerprint density at radius 2 is 1.50 bits per heavy atom. The Morgan fingerprint density at radius 3 is 2.00 bits per heavy atom. The number of amides is 1. The van der Waals surface area contributed by atoms with Crippen LogP contribution in [0.25, 0.3) is 0 Å². The maximum atomic E-state index is 13.2. The fourth-order valence-corrected chi connectivity index (χ4v) is 3.89. The minimum absolute atomic E-state index is 0. The van der Waals surface area contributed by atoms with Gasteiger partial charge in [-0.25, -0.2) is 0 Å². The lowest BCUT2D eigenvalue weighted by atomic mass is 9.85. The summed E-state index contributed by atoms with van der Waals surface area (Å²) in [6.07, 6.45) is -9.49. The van der Waals surface area contributed by atoms with E-state index in [0.717, 1.165) is 11.1 Å². The van der Waals surface area contributed by atoms with E-state index in [4.69, 9.17) is 0 Å². The maximum Gasteiger partial charge on any atom is 0.416 e. The second-order valence-corrected chi connectivity index (χ2v) is 7.79. The molecule has 0 aromatic heterocycles. The number of aryl methyl sites for hydroxylation is 1. The Balaban J connectivity index is 0.00000363. The van der Waals surface area contributed by atoms with Crippen LogP contribution in [0.5, 0.6) is 0 Å². The molecule has 1 heterocycles. The van der Waals surface area contributed by atoms with E-state index in [9.17, 15) is 31.1 Å². The van der Waals surface area contributed by atoms with E-state index in [1.54, 1.807) is 0 Å². The zero-order valence-electron chi connectivity index (χ0n) is 17.3. The largest absolute Gasteiger partial charge is 0.416 e. The van der Waals surface area contributed by atoms with Gasteiger partial charge in [0.15, 0.2) is 0 Å². The molecule has 1 aliphatic rings. The molecule has 0 aliphatic carbocycles. The molecular formula is C22H23ClF6N2O. The molecule has 32 heavy (non-hydrogen) atoms. The number of piperidine rings is 1. The third-order valence-corrected chi connectivity index (χ3v) is 5.60. The second-order valence-electron chi connectivity index (χ2n) is 7.79. The number of halogens is 7. The SMILES string of the molecule is Cc1ccc([C@@H]2CNCC[C@H]2N(C)C(=O)c2cc(C(F)(F)F)cc(C(F)(F)F)c2)cc1.Cl. The highest BCUT2D eigenvalue weighted by atomic mass is 35.5. The third kappa shape index (κ3) is 5.75. The van der Waals surface area contributed by atoms with Gasteiger partial charge in [0.1, 0.15) is 0 Å². The predicted molar refractivity (Wildman–Crippen MR) is 111 cm³/mol. The van der Waals surface area contributed by atoms with Crippen molar-refractivity contribution in [2.24, 2.45) is 0 Å². The molecule has 1 fully saturated rings. The van der Waals surface area contributed by atoms with Crippen molar-refractivity contribution in [1.82, 2.24) is 10.2 Å². The highest BCUT2D eigenvalue weighted by Gasteiger charge is 2.39. The van der Waals surface area contributed by atoms with Gasteiger partial charge in [-0.15, -0.1) is 12.4 Å². The number of alkyl halides is 6. The van der Waals surface area contributed by atoms with E-state index in [2.05, 4.69) is 5.32 Å². The zero-order chi connectivity index (χ0) is 23.0. The highest BCUT2D eigenvalue weighted by Crippen LogP contribution is 2.37. The van der Waals surface area contributed by atoms with Crippen LogP contribution in [-0.2, 0) is 12.4 Å². The van der Waals surface area contributed by atoms with Crippen LogP contribution in [0.2, 0.25) is 0 Å². The number of carbonyl (C=O) groups excluding carboxylic acids is 1. The second kappa shape index (κ2) is 9.70. The number of rotatable bonds is 3. The minimum atomic E-state index is -5.01. The Morgan fingerprint density at radius 1 is 0.969 bits per heavy atom. The summed E-state index contributed by atoms with van der Waals surface area (Å²) >= 11 is 0. The van der Waals surface area contributed by atoms with E-state index in [1.165, 1.54) is 11.9 Å². The van der Waals surface area contributed by atoms with Crippen molar-refractivity contribution < 1.29 is 31.1 Å². The summed E-state index contributed by atoms with van der Waals surface area (Å²) in [5.74, 6) is -1.02. The van der Waals surface area contributed by atoms with Crippen molar-refractivity contribution in [3.63, 3.8) is 0 Å². The number of carbonyl (C=O) groups is 1. The molecule has 2 aromatic rings. The minimum Gasteiger partial charge on any atom is -0.338 e. The molecule has 3 rings (SSSR count). The van der Waals surface area contributed by atoms with Gasteiger partial charge in [-0.2, -0.15) is 26.3 Å². The normalized spacial score (nSPS) is 19.2. The van der Waals surface area contributed by atoms with Crippen molar-refractivity contribution in [3.8, 4) is 0 Å². The number of hydrogen-bond donors (Lipinski definition) is 1. The Hall–Kier alpha value is -2.26. The van der Waals surface area contributed by atoms with Crippen LogP contribution >= 0.6 is 12.4 Å². The summed E-state index contributed by atoms with van der Waals surface area (Å²) in [5, 5.41) is 3.23. The molecule has 1 saturated heterocycles. The van der Waals surface area contributed by atoms with Crippen molar-refractivity contribution in [2.75, 3.05) is 20.1 Å². The number of nitrogens with zero attached hydrogens (tertiary/aromatic N) is 1. The van der Waals surface area contributed by atoms with Crippen molar-refractivity contribution in [3.05, 3.63) is 70.3 Å². The molecule has 2 aromatic carbocycles. The van der Waals surface area contributed by atoms with E-state index in [0.29, 0.717) is 31.6 Å². The molecule has 0 radical (unpaired) electrons. The maximum absolute atomic E-state index is 13.2. The van der Waals surface area contributed by atoms with Crippen molar-refractivity contribution in [2.45, 2.75) is 37.7 Å². The Labute approximate surface area is 188 Å². The number of nitrogens with one attached hydrogen (secondary N) is 1. The molecule has 1 aliphatic heterocycles. The molecule has 0 saturated carbocycles. The number of hydrogen-bond acceptors (Lipinski definition) is 2. The summed E-state index contributed by atoms with van der Waals surface area (Å²) < 4.78 is 79.0. The van der Waals surface area contributed by atoms with Crippen molar-refractivity contribution >= 4 is 18.3 Å². The van der Waals surface area contributed by atoms with Gasteiger partial charge < -0.3 is 10.2 Å². The lowest BCUT2D eigenvalue weighted by Crippen LogP contribution is -2.49. The first-order valence-electron chi connectivity index (χ1n) is 9.72. The molecule has 0 unspecified atom stereocenters. The van der Waals surface area contributed by atoms with Crippen LogP contribution in [-0.4, -0.2) is 37.0 Å². The molecule has 3 nitrogen and oxygen atoms in total. The molecule has 2 atom stereocenters. The standard InChI is InChI=1S/C22H22F6N2O.ClH/c1-13-3-5-14(6-4-13)18-12-29-8-7-19(18)30(2)20(31)15-9-16(21(23,24)25)11-17(10-15)22(26,27)28;/h3-6,9-11,18-19,29H,7-8,12H2,1-2H3;1H/t18-,19+;/m0./s1. The van der Waals surface area contributed by atoms with E-state index in [1.807, 2.05) is 31.2 Å². The first-order valence-corrected chi connectivity index (χ1v) is 9.72. The summed E-state index contributed by atoms with van der Waals surface area (Å²) in [5.41, 5.74) is -1.63. The number of likely N-dealkylation sites (N-methyl/N-ethyl adjacent to an activating group) is 1. The van der Waals surface area contributed by atoms with Gasteiger partial charge in [-0.05, 0) is 43.7 Å². The van der Waals surface area contributed by atoms with E-state index < -0.39 is 35.0 Å². The molecule has 0 spiro atoms. The van der Waals surface area contributed by atoms with Crippen molar-refractivity contribution in [1.29, 1.82) is 0 Å². The fraction of sp³-hybridized carbons (Fsp3) is 0.409. The average molecular weight is 481 g/mol. The topological polar surface area (TPSA) is 32.3 Å². The quantitative estimate of drug-likeness (QED) is 0.574. The van der Waals surface area contributed by atoms with Gasteiger partial charge in [0.05, 0.1) is 11.1 Å². The fourth-order valence-electron chi connectivity index (χ4n) is 3.89. The van der Waals surface area contributed by atoms with Crippen LogP contribution in [0.4, 0.5) is 26.3 Å². The van der Waals surface area contributed by atoms with Crippen LogP contribution in [0, 0.1) is 6.92 Å². The molecular weight excluding hydrogens is 458 g/mol. The molecule has 1 amide bonds. The third-order valence-electron chi connectivity index (χ3n) is 5.60. The molecule has 0 bridgehead atoms. The first-order chi connectivity index (χ1) is 14.4. The average Bonchev–Trinajstić information content (AvgIpc) is 2.71. The zero-order valence-corrected chi connectivity index (χ0v) is 18.2. The monoisotopic (exact) mass is 480 g/mol. The first kappa shape index (κ1) is 26.0. The molecule has 176 valence electrons. The lowest BCUT2D eigenvalue weighted by Gasteiger charge is -2.39. The summed E-state index contributed by atoms with van der Waals surface area (Å²) in [4.78, 5) is 14.3. The van der Waals surface area contributed by atoms with Crippen LogP contribution in [0.1, 0.15) is 45.0 Å². The predicted octanol–water partition coefficient (Wildman–Crippen LogP) is 5.67. The molecule has 10 heteroatoms. The van der Waals surface area contributed by atoms with Gasteiger partial charge in [0.25, 0.3) is 5.91 Å². The smallest absolute Gasteiger partial charge is 0.338 e. The van der Waals surface area contributed by atoms with Gasteiger partial charge in [-0.3, -0.25) is 4.79 Å². The van der Waals surface area contributed by atoms with E-state index in [-0.39, 0.29) is 30.4 Å². The van der Waals surface area contributed by atoms with Gasteiger partial charge in [-0.1, -0.05) is 29.8 Å². The Bertz CT molecular complexity index is 911. The summed E-state index contributed by atoms with van der Waals surface area (Å²) in [6.45, 7) is 3.06. The summed E-state index contributed by atoms with van der Waals surface area (Å²) in [7, 11) is 1.42. The highest BCUT2D eigenvalue weighted by molar-refractivity contribution is 5.94. The summed E-state index contributed by atoms with van der Waals surface area (Å²) in [6, 6.07) is 8.30. The van der Waals surface area contributed by atoms with Crippen LogP contribution in [0.3, 0.4) is 0 Å². The van der Waals surface area contributed by atoms with Gasteiger partial charge in [0.2, 0.25) is 0 Å². The van der Waals surface area contributed by atoms with Crippen LogP contribution < -0.4 is 5.32 Å². The molecule has 1 N–H and O–H groups in total. The Kier molecular flexibility index (Phi) is 7.88. The number of benzene rings is 2.